The van der Waals surface area contributed by atoms with Crippen molar-refractivity contribution in [1.29, 1.82) is 0 Å². The average molecular weight is 171 g/mol. The molecule has 3 nitrogen and oxygen atoms in total. The van der Waals surface area contributed by atoms with Crippen LogP contribution in [0.15, 0.2) is 11.8 Å². The number of nitrogens with two attached hydrogens (primary N) is 1. The SMILES string of the molecule is COCCCC(N)C1=CCCO1. The first-order chi connectivity index (χ1) is 5.84. The molecule has 0 aromatic carbocycles. The van der Waals surface area contributed by atoms with E-state index < -0.39 is 0 Å². The van der Waals surface area contributed by atoms with Crippen LogP contribution in [0.4, 0.5) is 0 Å². The summed E-state index contributed by atoms with van der Waals surface area (Å²) in [6.07, 6.45) is 5.03. The molecule has 3 heteroatoms. The molecule has 0 radical (unpaired) electrons. The number of rotatable bonds is 5. The van der Waals surface area contributed by atoms with Crippen LogP contribution in [-0.2, 0) is 9.47 Å². The van der Waals surface area contributed by atoms with Crippen molar-refractivity contribution < 1.29 is 9.47 Å². The molecule has 1 atom stereocenters. The highest BCUT2D eigenvalue weighted by Gasteiger charge is 2.13. The largest absolute Gasteiger partial charge is 0.496 e. The minimum absolute atomic E-state index is 0.0719. The molecular formula is C9H17NO2. The van der Waals surface area contributed by atoms with Crippen molar-refractivity contribution in [3.8, 4) is 0 Å². The summed E-state index contributed by atoms with van der Waals surface area (Å²) in [7, 11) is 1.71. The molecule has 1 aliphatic rings. The first kappa shape index (κ1) is 9.55. The van der Waals surface area contributed by atoms with E-state index in [1.807, 2.05) is 0 Å². The Kier molecular flexibility index (Phi) is 4.11. The Morgan fingerprint density at radius 3 is 3.17 bits per heavy atom. The van der Waals surface area contributed by atoms with E-state index in [9.17, 15) is 0 Å². The number of ether oxygens (including phenoxy) is 2. The van der Waals surface area contributed by atoms with Gasteiger partial charge in [0.15, 0.2) is 0 Å². The second-order valence-corrected chi connectivity index (χ2v) is 2.99. The summed E-state index contributed by atoms with van der Waals surface area (Å²) in [6, 6.07) is 0.0719. The molecule has 1 unspecified atom stereocenters. The Morgan fingerprint density at radius 2 is 2.58 bits per heavy atom. The molecule has 12 heavy (non-hydrogen) atoms. The third-order valence-electron chi connectivity index (χ3n) is 1.96. The summed E-state index contributed by atoms with van der Waals surface area (Å²) >= 11 is 0. The smallest absolute Gasteiger partial charge is 0.109 e. The topological polar surface area (TPSA) is 44.5 Å². The Labute approximate surface area is 73.5 Å². The number of hydrogen-bond donors (Lipinski definition) is 1. The monoisotopic (exact) mass is 171 g/mol. The molecular weight excluding hydrogens is 154 g/mol. The quantitative estimate of drug-likeness (QED) is 0.629. The lowest BCUT2D eigenvalue weighted by atomic mass is 10.1. The second-order valence-electron chi connectivity index (χ2n) is 2.99. The van der Waals surface area contributed by atoms with Gasteiger partial charge in [-0.1, -0.05) is 0 Å². The van der Waals surface area contributed by atoms with Gasteiger partial charge in [-0.15, -0.1) is 0 Å². The highest BCUT2D eigenvalue weighted by atomic mass is 16.5. The highest BCUT2D eigenvalue weighted by molar-refractivity contribution is 5.05. The number of methoxy groups -OCH3 is 1. The Bertz CT molecular complexity index is 157. The molecule has 0 saturated heterocycles. The van der Waals surface area contributed by atoms with Crippen molar-refractivity contribution in [3.05, 3.63) is 11.8 Å². The zero-order valence-corrected chi connectivity index (χ0v) is 7.58. The van der Waals surface area contributed by atoms with E-state index in [-0.39, 0.29) is 6.04 Å². The van der Waals surface area contributed by atoms with Crippen LogP contribution in [0.1, 0.15) is 19.3 Å². The summed E-state index contributed by atoms with van der Waals surface area (Å²) in [5, 5.41) is 0. The van der Waals surface area contributed by atoms with Crippen molar-refractivity contribution in [2.75, 3.05) is 20.3 Å². The molecule has 0 aromatic heterocycles. The molecule has 1 rings (SSSR count). The molecule has 0 spiro atoms. The third kappa shape index (κ3) is 2.83. The lowest BCUT2D eigenvalue weighted by Gasteiger charge is -2.12. The molecule has 1 heterocycles. The summed E-state index contributed by atoms with van der Waals surface area (Å²) in [5.74, 6) is 0.964. The Morgan fingerprint density at radius 1 is 1.75 bits per heavy atom. The van der Waals surface area contributed by atoms with Crippen molar-refractivity contribution >= 4 is 0 Å². The van der Waals surface area contributed by atoms with Gasteiger partial charge in [0.05, 0.1) is 12.6 Å². The Balaban J connectivity index is 2.14. The van der Waals surface area contributed by atoms with Gasteiger partial charge in [-0.25, -0.2) is 0 Å². The van der Waals surface area contributed by atoms with Crippen LogP contribution in [0.25, 0.3) is 0 Å². The van der Waals surface area contributed by atoms with Crippen molar-refractivity contribution in [3.63, 3.8) is 0 Å². The lowest BCUT2D eigenvalue weighted by molar-refractivity contribution is 0.183. The fourth-order valence-electron chi connectivity index (χ4n) is 1.29. The maximum Gasteiger partial charge on any atom is 0.109 e. The highest BCUT2D eigenvalue weighted by Crippen LogP contribution is 2.14. The number of hydrogen-bond acceptors (Lipinski definition) is 3. The summed E-state index contributed by atoms with van der Waals surface area (Å²) in [5.41, 5.74) is 5.87. The van der Waals surface area contributed by atoms with Gasteiger partial charge < -0.3 is 15.2 Å². The molecule has 0 aromatic rings. The minimum atomic E-state index is 0.0719. The molecule has 0 bridgehead atoms. The van der Waals surface area contributed by atoms with Crippen LogP contribution in [0.3, 0.4) is 0 Å². The maximum absolute atomic E-state index is 5.87. The first-order valence-corrected chi connectivity index (χ1v) is 4.42. The molecule has 0 aliphatic carbocycles. The van der Waals surface area contributed by atoms with Gasteiger partial charge in [-0.3, -0.25) is 0 Å². The molecule has 0 saturated carbocycles. The fourth-order valence-corrected chi connectivity index (χ4v) is 1.29. The maximum atomic E-state index is 5.87. The predicted molar refractivity (Wildman–Crippen MR) is 47.7 cm³/mol. The van der Waals surface area contributed by atoms with E-state index in [1.54, 1.807) is 7.11 Å². The molecule has 0 fully saturated rings. The van der Waals surface area contributed by atoms with E-state index in [0.717, 1.165) is 38.2 Å². The lowest BCUT2D eigenvalue weighted by Crippen LogP contribution is -2.23. The van der Waals surface area contributed by atoms with Crippen LogP contribution >= 0.6 is 0 Å². The molecule has 0 amide bonds. The second kappa shape index (κ2) is 5.17. The van der Waals surface area contributed by atoms with Gasteiger partial charge in [-0.2, -0.15) is 0 Å². The Hall–Kier alpha value is -0.540. The third-order valence-corrected chi connectivity index (χ3v) is 1.96. The summed E-state index contributed by atoms with van der Waals surface area (Å²) in [4.78, 5) is 0. The minimum Gasteiger partial charge on any atom is -0.496 e. The normalized spacial score (nSPS) is 18.7. The predicted octanol–water partition coefficient (Wildman–Crippen LogP) is 1.04. The van der Waals surface area contributed by atoms with Gasteiger partial charge in [-0.05, 0) is 18.9 Å². The fraction of sp³-hybridized carbons (Fsp3) is 0.778. The van der Waals surface area contributed by atoms with Crippen LogP contribution in [0.2, 0.25) is 0 Å². The zero-order valence-electron chi connectivity index (χ0n) is 7.58. The first-order valence-electron chi connectivity index (χ1n) is 4.42. The van der Waals surface area contributed by atoms with Gasteiger partial charge in [0.25, 0.3) is 0 Å². The average Bonchev–Trinajstić information content (AvgIpc) is 2.56. The van der Waals surface area contributed by atoms with Crippen molar-refractivity contribution in [2.24, 2.45) is 5.73 Å². The van der Waals surface area contributed by atoms with Gasteiger partial charge in [0, 0.05) is 20.1 Å². The van der Waals surface area contributed by atoms with E-state index in [1.165, 1.54) is 0 Å². The molecule has 1 aliphatic heterocycles. The van der Waals surface area contributed by atoms with E-state index >= 15 is 0 Å². The zero-order chi connectivity index (χ0) is 8.81. The van der Waals surface area contributed by atoms with Crippen LogP contribution in [0, 0.1) is 0 Å². The van der Waals surface area contributed by atoms with E-state index in [0.29, 0.717) is 0 Å². The van der Waals surface area contributed by atoms with E-state index in [4.69, 9.17) is 15.2 Å². The van der Waals surface area contributed by atoms with Crippen molar-refractivity contribution in [1.82, 2.24) is 0 Å². The van der Waals surface area contributed by atoms with E-state index in [2.05, 4.69) is 6.08 Å². The van der Waals surface area contributed by atoms with Crippen LogP contribution in [0.5, 0.6) is 0 Å². The van der Waals surface area contributed by atoms with Gasteiger partial charge >= 0.3 is 0 Å². The van der Waals surface area contributed by atoms with Crippen molar-refractivity contribution in [2.45, 2.75) is 25.3 Å². The molecule has 2 N–H and O–H groups in total. The van der Waals surface area contributed by atoms with Gasteiger partial charge in [0.1, 0.15) is 5.76 Å². The summed E-state index contributed by atoms with van der Waals surface area (Å²) in [6.45, 7) is 1.58. The molecule has 70 valence electrons. The van der Waals surface area contributed by atoms with Crippen LogP contribution in [-0.4, -0.2) is 26.4 Å². The standard InChI is InChI=1S/C9H17NO2/c1-11-6-2-4-8(10)9-5-3-7-12-9/h5,8H,2-4,6-7,10H2,1H3. The van der Waals surface area contributed by atoms with Crippen LogP contribution < -0.4 is 5.73 Å². The van der Waals surface area contributed by atoms with Gasteiger partial charge in [0.2, 0.25) is 0 Å². The summed E-state index contributed by atoms with van der Waals surface area (Å²) < 4.78 is 10.3.